The first kappa shape index (κ1) is 15.4. The van der Waals surface area contributed by atoms with Crippen molar-refractivity contribution in [1.29, 1.82) is 0 Å². The van der Waals surface area contributed by atoms with Crippen LogP contribution in [0.15, 0.2) is 17.1 Å². The maximum absolute atomic E-state index is 5.97. The number of hydrogen-bond donors (Lipinski definition) is 0. The average molecular weight is 352 g/mol. The molecule has 0 aliphatic carbocycles. The van der Waals surface area contributed by atoms with Crippen LogP contribution in [-0.2, 0) is 11.3 Å². The molecule has 0 radical (unpaired) electrons. The third kappa shape index (κ3) is 3.55. The normalized spacial score (nSPS) is 26.5. The highest BCUT2D eigenvalue weighted by molar-refractivity contribution is 7.13. The van der Waals surface area contributed by atoms with Crippen molar-refractivity contribution in [2.24, 2.45) is 5.41 Å². The first-order valence-corrected chi connectivity index (χ1v) is 9.79. The van der Waals surface area contributed by atoms with Crippen LogP contribution in [0.5, 0.6) is 0 Å². The highest BCUT2D eigenvalue weighted by atomic mass is 32.1. The Labute approximate surface area is 144 Å². The van der Waals surface area contributed by atoms with Crippen LogP contribution in [-0.4, -0.2) is 59.5 Å². The lowest BCUT2D eigenvalue weighted by Gasteiger charge is -2.43. The highest BCUT2D eigenvalue weighted by Crippen LogP contribution is 2.35. The van der Waals surface area contributed by atoms with Crippen LogP contribution >= 0.6 is 22.7 Å². The van der Waals surface area contributed by atoms with Gasteiger partial charge in [0.25, 0.3) is 0 Å². The lowest BCUT2D eigenvalue weighted by Crippen LogP contribution is -2.50. The zero-order valence-corrected chi connectivity index (χ0v) is 14.7. The van der Waals surface area contributed by atoms with E-state index < -0.39 is 0 Å². The Morgan fingerprint density at radius 3 is 3.09 bits per heavy atom. The summed E-state index contributed by atoms with van der Waals surface area (Å²) in [5.74, 6) is 0. The number of thiazole rings is 1. The molecule has 4 rings (SSSR count). The summed E-state index contributed by atoms with van der Waals surface area (Å²) in [5.41, 5.74) is 2.00. The summed E-state index contributed by atoms with van der Waals surface area (Å²) in [7, 11) is 0. The number of likely N-dealkylation sites (tertiary alicyclic amines) is 1. The van der Waals surface area contributed by atoms with Gasteiger partial charge >= 0.3 is 0 Å². The summed E-state index contributed by atoms with van der Waals surface area (Å²) >= 11 is 3.36. The topological polar surface area (TPSA) is 54.4 Å². The monoisotopic (exact) mass is 351 g/mol. The quantitative estimate of drug-likeness (QED) is 0.844. The van der Waals surface area contributed by atoms with E-state index in [0.717, 1.165) is 51.1 Å². The van der Waals surface area contributed by atoms with Crippen LogP contribution in [0.3, 0.4) is 0 Å². The maximum atomic E-state index is 5.97. The van der Waals surface area contributed by atoms with E-state index >= 15 is 0 Å². The number of aromatic nitrogens is 3. The van der Waals surface area contributed by atoms with Gasteiger partial charge in [0.1, 0.15) is 10.5 Å². The molecule has 2 fully saturated rings. The number of nitrogens with zero attached hydrogens (tertiary/aromatic N) is 5. The Bertz CT molecular complexity index is 605. The van der Waals surface area contributed by atoms with Crippen LogP contribution in [0.2, 0.25) is 0 Å². The van der Waals surface area contributed by atoms with E-state index in [2.05, 4.69) is 30.4 Å². The average Bonchev–Trinajstić information content (AvgIpc) is 3.22. The fourth-order valence-corrected chi connectivity index (χ4v) is 4.92. The Morgan fingerprint density at radius 2 is 2.26 bits per heavy atom. The molecule has 0 aromatic carbocycles. The van der Waals surface area contributed by atoms with Gasteiger partial charge in [-0.1, -0.05) is 11.3 Å². The van der Waals surface area contributed by atoms with Gasteiger partial charge in [0, 0.05) is 36.6 Å². The molecule has 4 heterocycles. The second-order valence-electron chi connectivity index (χ2n) is 6.44. The first-order chi connectivity index (χ1) is 11.3. The minimum atomic E-state index is 0.192. The molecular formula is C15H21N5OS2. The molecule has 0 bridgehead atoms. The molecule has 0 N–H and O–H groups in total. The molecule has 2 aromatic rings. The summed E-state index contributed by atoms with van der Waals surface area (Å²) in [6.45, 7) is 6.71. The van der Waals surface area contributed by atoms with E-state index in [9.17, 15) is 0 Å². The SMILES string of the molecule is c1csc(CN2CCCC3(COCCN(c4nncs4)C3)C2)n1. The first-order valence-electron chi connectivity index (χ1n) is 8.03. The summed E-state index contributed by atoms with van der Waals surface area (Å²) in [6, 6.07) is 0. The van der Waals surface area contributed by atoms with E-state index in [4.69, 9.17) is 4.74 Å². The van der Waals surface area contributed by atoms with Gasteiger partial charge in [-0.25, -0.2) is 4.98 Å². The van der Waals surface area contributed by atoms with Gasteiger partial charge in [0.15, 0.2) is 0 Å². The Balaban J connectivity index is 1.48. The van der Waals surface area contributed by atoms with Crippen molar-refractivity contribution in [1.82, 2.24) is 20.1 Å². The van der Waals surface area contributed by atoms with Crippen LogP contribution in [0.25, 0.3) is 0 Å². The minimum Gasteiger partial charge on any atom is -0.379 e. The van der Waals surface area contributed by atoms with Crippen LogP contribution in [0.4, 0.5) is 5.13 Å². The number of hydrogen-bond acceptors (Lipinski definition) is 8. The van der Waals surface area contributed by atoms with Crippen molar-refractivity contribution in [2.75, 3.05) is 44.3 Å². The van der Waals surface area contributed by atoms with Crippen LogP contribution in [0, 0.1) is 5.41 Å². The molecule has 6 nitrogen and oxygen atoms in total. The molecule has 8 heteroatoms. The largest absolute Gasteiger partial charge is 0.379 e. The van der Waals surface area contributed by atoms with Gasteiger partial charge in [-0.05, 0) is 19.4 Å². The maximum Gasteiger partial charge on any atom is 0.208 e. The fraction of sp³-hybridized carbons (Fsp3) is 0.667. The number of rotatable bonds is 3. The second-order valence-corrected chi connectivity index (χ2v) is 8.23. The van der Waals surface area contributed by atoms with Crippen molar-refractivity contribution in [3.8, 4) is 0 Å². The van der Waals surface area contributed by atoms with Crippen molar-refractivity contribution < 1.29 is 4.74 Å². The van der Waals surface area contributed by atoms with Gasteiger partial charge in [-0.3, -0.25) is 4.90 Å². The molecule has 1 unspecified atom stereocenters. The number of anilines is 1. The lowest BCUT2D eigenvalue weighted by molar-refractivity contribution is 0.0106. The van der Waals surface area contributed by atoms with Gasteiger partial charge in [-0.15, -0.1) is 21.5 Å². The predicted octanol–water partition coefficient (Wildman–Crippen LogP) is 2.11. The van der Waals surface area contributed by atoms with E-state index in [1.165, 1.54) is 17.8 Å². The van der Waals surface area contributed by atoms with E-state index in [-0.39, 0.29) is 5.41 Å². The highest BCUT2D eigenvalue weighted by Gasteiger charge is 2.39. The van der Waals surface area contributed by atoms with Crippen LogP contribution < -0.4 is 4.90 Å². The molecule has 2 aromatic heterocycles. The zero-order valence-electron chi connectivity index (χ0n) is 13.1. The predicted molar refractivity (Wildman–Crippen MR) is 92.0 cm³/mol. The second kappa shape index (κ2) is 6.80. The third-order valence-electron chi connectivity index (χ3n) is 4.64. The van der Waals surface area contributed by atoms with Crippen molar-refractivity contribution in [3.63, 3.8) is 0 Å². The van der Waals surface area contributed by atoms with Gasteiger partial charge in [0.05, 0.1) is 19.8 Å². The van der Waals surface area contributed by atoms with Crippen molar-refractivity contribution in [3.05, 3.63) is 22.1 Å². The molecular weight excluding hydrogens is 330 g/mol. The summed E-state index contributed by atoms with van der Waals surface area (Å²) < 4.78 is 5.97. The van der Waals surface area contributed by atoms with Gasteiger partial charge < -0.3 is 9.64 Å². The smallest absolute Gasteiger partial charge is 0.208 e. The minimum absolute atomic E-state index is 0.192. The molecule has 2 saturated heterocycles. The lowest BCUT2D eigenvalue weighted by atomic mass is 9.80. The van der Waals surface area contributed by atoms with Crippen molar-refractivity contribution >= 4 is 27.8 Å². The van der Waals surface area contributed by atoms with Crippen LogP contribution in [0.1, 0.15) is 17.8 Å². The Morgan fingerprint density at radius 1 is 1.26 bits per heavy atom. The van der Waals surface area contributed by atoms with Gasteiger partial charge in [-0.2, -0.15) is 0 Å². The molecule has 2 aliphatic heterocycles. The molecule has 0 saturated carbocycles. The number of piperidine rings is 1. The van der Waals surface area contributed by atoms with E-state index in [1.54, 1.807) is 22.7 Å². The third-order valence-corrected chi connectivity index (χ3v) is 6.16. The van der Waals surface area contributed by atoms with E-state index in [0.29, 0.717) is 0 Å². The molecule has 23 heavy (non-hydrogen) atoms. The standard InChI is InChI=1S/C15H21N5OS2/c1-2-15(9-19(4-1)8-13-16-3-7-22-13)10-20(5-6-21-11-15)14-18-17-12-23-14/h3,7,12H,1-2,4-6,8-11H2. The fourth-order valence-electron chi connectivity index (χ4n) is 3.68. The zero-order chi connectivity index (χ0) is 15.5. The molecule has 1 spiro atoms. The van der Waals surface area contributed by atoms with Gasteiger partial charge in [0.2, 0.25) is 5.13 Å². The molecule has 2 aliphatic rings. The summed E-state index contributed by atoms with van der Waals surface area (Å²) in [4.78, 5) is 9.33. The molecule has 0 amide bonds. The summed E-state index contributed by atoms with van der Waals surface area (Å²) in [5, 5.41) is 12.5. The van der Waals surface area contributed by atoms with Crippen molar-refractivity contribution in [2.45, 2.75) is 19.4 Å². The Kier molecular flexibility index (Phi) is 4.57. The Hall–Kier alpha value is -1.09. The molecule has 124 valence electrons. The summed E-state index contributed by atoms with van der Waals surface area (Å²) in [6.07, 6.45) is 4.33. The number of ether oxygens (including phenoxy) is 1. The van der Waals surface area contributed by atoms with E-state index in [1.807, 2.05) is 11.7 Å². The molecule has 1 atom stereocenters.